The van der Waals surface area contributed by atoms with Crippen LogP contribution in [0.5, 0.6) is 0 Å². The molecule has 74 valence electrons. The van der Waals surface area contributed by atoms with Crippen molar-refractivity contribution in [1.29, 1.82) is 0 Å². The van der Waals surface area contributed by atoms with Gasteiger partial charge in [0.25, 0.3) is 0 Å². The van der Waals surface area contributed by atoms with E-state index in [1.807, 2.05) is 37.3 Å². The van der Waals surface area contributed by atoms with Crippen LogP contribution in [0.3, 0.4) is 0 Å². The summed E-state index contributed by atoms with van der Waals surface area (Å²) in [6.45, 7) is 5.52. The summed E-state index contributed by atoms with van der Waals surface area (Å²) in [5.41, 5.74) is 7.50. The molecule has 1 aromatic rings. The lowest BCUT2D eigenvalue weighted by atomic mass is 10.00. The second-order valence-corrected chi connectivity index (χ2v) is 3.49. The van der Waals surface area contributed by atoms with Crippen molar-refractivity contribution in [2.24, 2.45) is 5.73 Å². The normalized spacial score (nSPS) is 12.1. The van der Waals surface area contributed by atoms with Crippen molar-refractivity contribution in [2.45, 2.75) is 19.4 Å². The zero-order valence-corrected chi connectivity index (χ0v) is 8.36. The maximum absolute atomic E-state index is 11.6. The first-order valence-electron chi connectivity index (χ1n) is 4.59. The predicted molar refractivity (Wildman–Crippen MR) is 57.8 cm³/mol. The number of benzene rings is 1. The summed E-state index contributed by atoms with van der Waals surface area (Å²) in [5.74, 6) is 0.0173. The van der Waals surface area contributed by atoms with Crippen molar-refractivity contribution in [1.82, 2.24) is 0 Å². The number of allylic oxidation sites excluding steroid dienone is 1. The van der Waals surface area contributed by atoms with Crippen LogP contribution < -0.4 is 5.73 Å². The second kappa shape index (κ2) is 4.72. The molecule has 0 radical (unpaired) electrons. The van der Waals surface area contributed by atoms with Gasteiger partial charge >= 0.3 is 0 Å². The minimum Gasteiger partial charge on any atom is -0.318 e. The molecule has 0 aliphatic heterocycles. The summed E-state index contributed by atoms with van der Waals surface area (Å²) in [6, 6.07) is 8.86. The van der Waals surface area contributed by atoms with Gasteiger partial charge in [0, 0.05) is 6.42 Å². The Morgan fingerprint density at radius 3 is 2.50 bits per heavy atom. The van der Waals surface area contributed by atoms with Crippen LogP contribution in [-0.2, 0) is 4.79 Å². The van der Waals surface area contributed by atoms with E-state index in [-0.39, 0.29) is 5.78 Å². The van der Waals surface area contributed by atoms with Crippen LogP contribution in [0.15, 0.2) is 42.5 Å². The Labute approximate surface area is 84.4 Å². The smallest absolute Gasteiger partial charge is 0.158 e. The molecule has 0 bridgehead atoms. The van der Waals surface area contributed by atoms with Gasteiger partial charge in [-0.1, -0.05) is 42.5 Å². The first-order valence-corrected chi connectivity index (χ1v) is 4.59. The Hall–Kier alpha value is -1.41. The summed E-state index contributed by atoms with van der Waals surface area (Å²) in [5, 5.41) is 0. The molecule has 0 saturated carbocycles. The second-order valence-electron chi connectivity index (χ2n) is 3.49. The van der Waals surface area contributed by atoms with Crippen molar-refractivity contribution < 1.29 is 4.79 Å². The molecule has 1 rings (SSSR count). The number of hydrogen-bond donors (Lipinski definition) is 1. The monoisotopic (exact) mass is 189 g/mol. The van der Waals surface area contributed by atoms with Crippen LogP contribution in [0.2, 0.25) is 0 Å². The molecule has 2 nitrogen and oxygen atoms in total. The molecule has 2 N–H and O–H groups in total. The van der Waals surface area contributed by atoms with E-state index in [1.54, 1.807) is 0 Å². The molecule has 0 heterocycles. The lowest BCUT2D eigenvalue weighted by molar-refractivity contribution is -0.119. The summed E-state index contributed by atoms with van der Waals surface area (Å²) < 4.78 is 0. The van der Waals surface area contributed by atoms with Gasteiger partial charge in [-0.05, 0) is 12.5 Å². The highest BCUT2D eigenvalue weighted by atomic mass is 16.1. The lowest BCUT2D eigenvalue weighted by Gasteiger charge is -2.10. The Kier molecular flexibility index (Phi) is 3.60. The molecule has 1 atom stereocenters. The number of carbonyl (C=O) groups is 1. The van der Waals surface area contributed by atoms with E-state index in [9.17, 15) is 4.79 Å². The van der Waals surface area contributed by atoms with E-state index in [1.165, 1.54) is 0 Å². The third-order valence-corrected chi connectivity index (χ3v) is 1.98. The third-order valence-electron chi connectivity index (χ3n) is 1.98. The fourth-order valence-corrected chi connectivity index (χ4v) is 1.25. The molecule has 14 heavy (non-hydrogen) atoms. The van der Waals surface area contributed by atoms with Gasteiger partial charge in [-0.2, -0.15) is 0 Å². The third kappa shape index (κ3) is 2.82. The van der Waals surface area contributed by atoms with E-state index in [0.717, 1.165) is 11.1 Å². The molecule has 2 heteroatoms. The van der Waals surface area contributed by atoms with Crippen LogP contribution in [0.4, 0.5) is 0 Å². The van der Waals surface area contributed by atoms with Crippen molar-refractivity contribution >= 4 is 5.78 Å². The molecular weight excluding hydrogens is 174 g/mol. The molecule has 1 unspecified atom stereocenters. The molecule has 0 aromatic heterocycles. The standard InChI is InChI=1S/C12H15NO/c1-9(2)8-11(14)12(13)10-6-4-3-5-7-10/h3-7,12H,1,8,13H2,2H3. The number of Topliss-reactive ketones (excluding diaryl/α,β-unsaturated/α-hetero) is 1. The molecule has 0 saturated heterocycles. The summed E-state index contributed by atoms with van der Waals surface area (Å²) in [6.07, 6.45) is 0.357. The predicted octanol–water partition coefficient (Wildman–Crippen LogP) is 2.22. The fraction of sp³-hybridized carbons (Fsp3) is 0.250. The number of rotatable bonds is 4. The van der Waals surface area contributed by atoms with E-state index < -0.39 is 6.04 Å². The highest BCUT2D eigenvalue weighted by molar-refractivity contribution is 5.86. The number of ketones is 1. The quantitative estimate of drug-likeness (QED) is 0.738. The fourth-order valence-electron chi connectivity index (χ4n) is 1.25. The van der Waals surface area contributed by atoms with Crippen LogP contribution in [-0.4, -0.2) is 5.78 Å². The number of nitrogens with two attached hydrogens (primary N) is 1. The molecule has 0 amide bonds. The Bertz CT molecular complexity index is 329. The molecular formula is C12H15NO. The van der Waals surface area contributed by atoms with Gasteiger partial charge in [0.15, 0.2) is 5.78 Å². The first-order chi connectivity index (χ1) is 6.61. The van der Waals surface area contributed by atoms with E-state index in [4.69, 9.17) is 5.73 Å². The maximum atomic E-state index is 11.6. The van der Waals surface area contributed by atoms with Gasteiger partial charge in [0.2, 0.25) is 0 Å². The number of hydrogen-bond acceptors (Lipinski definition) is 2. The summed E-state index contributed by atoms with van der Waals surface area (Å²) in [4.78, 5) is 11.6. The minimum atomic E-state index is -0.520. The van der Waals surface area contributed by atoms with Gasteiger partial charge in [-0.3, -0.25) is 4.79 Å². The van der Waals surface area contributed by atoms with Crippen molar-refractivity contribution in [3.8, 4) is 0 Å². The highest BCUT2D eigenvalue weighted by Gasteiger charge is 2.14. The average Bonchev–Trinajstić information content (AvgIpc) is 2.17. The molecule has 0 spiro atoms. The van der Waals surface area contributed by atoms with Gasteiger partial charge in [0.1, 0.15) is 0 Å². The Morgan fingerprint density at radius 1 is 1.43 bits per heavy atom. The van der Waals surface area contributed by atoms with Gasteiger partial charge < -0.3 is 5.73 Å². The Balaban J connectivity index is 2.71. The minimum absolute atomic E-state index is 0.0173. The van der Waals surface area contributed by atoms with Gasteiger partial charge in [-0.25, -0.2) is 0 Å². The van der Waals surface area contributed by atoms with Gasteiger partial charge in [0.05, 0.1) is 6.04 Å². The van der Waals surface area contributed by atoms with Crippen LogP contribution in [0, 0.1) is 0 Å². The van der Waals surface area contributed by atoms with Crippen molar-refractivity contribution in [2.75, 3.05) is 0 Å². The van der Waals surface area contributed by atoms with E-state index in [2.05, 4.69) is 6.58 Å². The van der Waals surface area contributed by atoms with Crippen LogP contribution in [0.25, 0.3) is 0 Å². The zero-order chi connectivity index (χ0) is 10.6. The maximum Gasteiger partial charge on any atom is 0.158 e. The summed E-state index contributed by atoms with van der Waals surface area (Å²) >= 11 is 0. The van der Waals surface area contributed by atoms with E-state index in [0.29, 0.717) is 6.42 Å². The average molecular weight is 189 g/mol. The van der Waals surface area contributed by atoms with Crippen LogP contribution in [0.1, 0.15) is 24.9 Å². The molecule has 0 fully saturated rings. The molecule has 1 aromatic carbocycles. The largest absolute Gasteiger partial charge is 0.318 e. The SMILES string of the molecule is C=C(C)CC(=O)C(N)c1ccccc1. The van der Waals surface area contributed by atoms with Gasteiger partial charge in [-0.15, -0.1) is 0 Å². The zero-order valence-electron chi connectivity index (χ0n) is 8.36. The number of carbonyl (C=O) groups excluding carboxylic acids is 1. The summed E-state index contributed by atoms with van der Waals surface area (Å²) in [7, 11) is 0. The van der Waals surface area contributed by atoms with Crippen LogP contribution >= 0.6 is 0 Å². The topological polar surface area (TPSA) is 43.1 Å². The van der Waals surface area contributed by atoms with Crippen molar-refractivity contribution in [3.05, 3.63) is 48.0 Å². The lowest BCUT2D eigenvalue weighted by Crippen LogP contribution is -2.21. The van der Waals surface area contributed by atoms with Crippen molar-refractivity contribution in [3.63, 3.8) is 0 Å². The highest BCUT2D eigenvalue weighted by Crippen LogP contribution is 2.13. The Morgan fingerprint density at radius 2 is 2.00 bits per heavy atom. The molecule has 0 aliphatic rings. The first kappa shape index (κ1) is 10.7. The van der Waals surface area contributed by atoms with E-state index >= 15 is 0 Å². The molecule has 0 aliphatic carbocycles.